The summed E-state index contributed by atoms with van der Waals surface area (Å²) in [5, 5.41) is 0. The number of hydrogen-bond acceptors (Lipinski definition) is 3. The lowest BCUT2D eigenvalue weighted by Gasteiger charge is -2.37. The highest BCUT2D eigenvalue weighted by atomic mass is 16.5. The molecule has 0 heterocycles. The van der Waals surface area contributed by atoms with Crippen LogP contribution in [0.2, 0.25) is 0 Å². The van der Waals surface area contributed by atoms with E-state index in [1.165, 1.54) is 0 Å². The molecule has 3 heteroatoms. The summed E-state index contributed by atoms with van der Waals surface area (Å²) in [6.07, 6.45) is 0.807. The quantitative estimate of drug-likeness (QED) is 0.644. The van der Waals surface area contributed by atoms with E-state index in [0.29, 0.717) is 18.7 Å². The van der Waals surface area contributed by atoms with Gasteiger partial charge in [0.1, 0.15) is 0 Å². The number of ether oxygens (including phenoxy) is 1. The topological polar surface area (TPSA) is 29.5 Å². The number of hydrogen-bond donors (Lipinski definition) is 0. The first kappa shape index (κ1) is 16.4. The van der Waals surface area contributed by atoms with Gasteiger partial charge in [-0.1, -0.05) is 6.92 Å². The third-order valence-corrected chi connectivity index (χ3v) is 3.41. The molecule has 0 amide bonds. The Hall–Kier alpha value is -0.570. The first-order valence-electron chi connectivity index (χ1n) is 6.71. The highest BCUT2D eigenvalue weighted by molar-refractivity contribution is 5.76. The molecule has 0 aromatic carbocycles. The maximum Gasteiger partial charge on any atom is 0.313 e. The average molecular weight is 243 g/mol. The van der Waals surface area contributed by atoms with Gasteiger partial charge in [-0.2, -0.15) is 0 Å². The lowest BCUT2D eigenvalue weighted by atomic mass is 9.86. The van der Waals surface area contributed by atoms with Gasteiger partial charge in [-0.15, -0.1) is 0 Å². The van der Waals surface area contributed by atoms with Crippen molar-refractivity contribution in [3.8, 4) is 0 Å². The molecule has 0 spiro atoms. The predicted molar refractivity (Wildman–Crippen MR) is 72.0 cm³/mol. The second kappa shape index (κ2) is 7.00. The Morgan fingerprint density at radius 3 is 1.94 bits per heavy atom. The summed E-state index contributed by atoms with van der Waals surface area (Å²) in [7, 11) is 0. The third-order valence-electron chi connectivity index (χ3n) is 3.41. The summed E-state index contributed by atoms with van der Waals surface area (Å²) < 4.78 is 5.19. The molecule has 0 aliphatic carbocycles. The standard InChI is InChI=1S/C14H29NO2/c1-8-14(7,13(16)17-9-2)10-15(11(3)4)12(5)6/h11-12H,8-10H2,1-7H3. The van der Waals surface area contributed by atoms with E-state index in [0.717, 1.165) is 13.0 Å². The molecule has 17 heavy (non-hydrogen) atoms. The van der Waals surface area contributed by atoms with Gasteiger partial charge < -0.3 is 4.74 Å². The van der Waals surface area contributed by atoms with Crippen LogP contribution in [-0.4, -0.2) is 36.1 Å². The van der Waals surface area contributed by atoms with Crippen molar-refractivity contribution in [1.82, 2.24) is 4.90 Å². The molecule has 0 saturated heterocycles. The SMILES string of the molecule is CCOC(=O)C(C)(CC)CN(C(C)C)C(C)C. The molecule has 1 atom stereocenters. The Labute approximate surface area is 107 Å². The minimum absolute atomic E-state index is 0.0752. The minimum atomic E-state index is -0.398. The van der Waals surface area contributed by atoms with Crippen molar-refractivity contribution in [3.63, 3.8) is 0 Å². The number of carbonyl (C=O) groups is 1. The van der Waals surface area contributed by atoms with Gasteiger partial charge in [-0.05, 0) is 48.0 Å². The molecule has 102 valence electrons. The van der Waals surface area contributed by atoms with Crippen LogP contribution in [0, 0.1) is 5.41 Å². The van der Waals surface area contributed by atoms with Gasteiger partial charge in [0.25, 0.3) is 0 Å². The Bertz CT molecular complexity index is 230. The molecule has 0 fully saturated rings. The normalized spacial score (nSPS) is 15.4. The van der Waals surface area contributed by atoms with Crippen LogP contribution in [-0.2, 0) is 9.53 Å². The Morgan fingerprint density at radius 2 is 1.65 bits per heavy atom. The minimum Gasteiger partial charge on any atom is -0.466 e. The van der Waals surface area contributed by atoms with Crippen LogP contribution in [0.15, 0.2) is 0 Å². The van der Waals surface area contributed by atoms with E-state index >= 15 is 0 Å². The fourth-order valence-electron chi connectivity index (χ4n) is 1.99. The van der Waals surface area contributed by atoms with Crippen molar-refractivity contribution in [2.75, 3.05) is 13.2 Å². The zero-order valence-electron chi connectivity index (χ0n) is 12.5. The molecule has 0 N–H and O–H groups in total. The van der Waals surface area contributed by atoms with E-state index in [9.17, 15) is 4.79 Å². The smallest absolute Gasteiger partial charge is 0.313 e. The number of rotatable bonds is 7. The Balaban J connectivity index is 4.81. The van der Waals surface area contributed by atoms with Crippen molar-refractivity contribution < 1.29 is 9.53 Å². The van der Waals surface area contributed by atoms with Crippen LogP contribution >= 0.6 is 0 Å². The van der Waals surface area contributed by atoms with Crippen LogP contribution in [0.1, 0.15) is 54.9 Å². The van der Waals surface area contributed by atoms with E-state index in [1.807, 2.05) is 13.8 Å². The van der Waals surface area contributed by atoms with Gasteiger partial charge in [0.15, 0.2) is 0 Å². The number of nitrogens with zero attached hydrogens (tertiary/aromatic N) is 1. The summed E-state index contributed by atoms with van der Waals surface area (Å²) in [5.74, 6) is -0.0752. The number of esters is 1. The molecule has 0 aliphatic heterocycles. The van der Waals surface area contributed by atoms with Gasteiger partial charge >= 0.3 is 5.97 Å². The van der Waals surface area contributed by atoms with Gasteiger partial charge in [0.05, 0.1) is 12.0 Å². The van der Waals surface area contributed by atoms with Crippen LogP contribution < -0.4 is 0 Å². The molecular weight excluding hydrogens is 214 g/mol. The maximum atomic E-state index is 12.0. The third kappa shape index (κ3) is 4.66. The highest BCUT2D eigenvalue weighted by Crippen LogP contribution is 2.26. The molecule has 1 unspecified atom stereocenters. The van der Waals surface area contributed by atoms with Gasteiger partial charge in [0, 0.05) is 18.6 Å². The van der Waals surface area contributed by atoms with Crippen LogP contribution in [0.5, 0.6) is 0 Å². The van der Waals surface area contributed by atoms with E-state index < -0.39 is 5.41 Å². The Kier molecular flexibility index (Phi) is 6.76. The lowest BCUT2D eigenvalue weighted by Crippen LogP contribution is -2.47. The van der Waals surface area contributed by atoms with Crippen molar-refractivity contribution in [2.45, 2.75) is 67.0 Å². The first-order valence-corrected chi connectivity index (χ1v) is 6.71. The second-order valence-electron chi connectivity index (χ2n) is 5.49. The van der Waals surface area contributed by atoms with Gasteiger partial charge in [-0.3, -0.25) is 9.69 Å². The average Bonchev–Trinajstić information content (AvgIpc) is 2.25. The Morgan fingerprint density at radius 1 is 1.18 bits per heavy atom. The summed E-state index contributed by atoms with van der Waals surface area (Å²) in [6, 6.07) is 0.880. The largest absolute Gasteiger partial charge is 0.466 e. The van der Waals surface area contributed by atoms with E-state index in [-0.39, 0.29) is 5.97 Å². The van der Waals surface area contributed by atoms with E-state index in [4.69, 9.17) is 4.74 Å². The molecule has 0 radical (unpaired) electrons. The molecule has 0 saturated carbocycles. The number of carbonyl (C=O) groups excluding carboxylic acids is 1. The molecule has 0 bridgehead atoms. The van der Waals surface area contributed by atoms with E-state index in [2.05, 4.69) is 39.5 Å². The van der Waals surface area contributed by atoms with Crippen LogP contribution in [0.25, 0.3) is 0 Å². The van der Waals surface area contributed by atoms with E-state index in [1.54, 1.807) is 0 Å². The van der Waals surface area contributed by atoms with Crippen LogP contribution in [0.4, 0.5) is 0 Å². The van der Waals surface area contributed by atoms with Crippen molar-refractivity contribution in [3.05, 3.63) is 0 Å². The molecule has 0 aromatic heterocycles. The second-order valence-corrected chi connectivity index (χ2v) is 5.49. The summed E-state index contributed by atoms with van der Waals surface area (Å²) in [5.41, 5.74) is -0.398. The molecule has 0 aromatic rings. The molecular formula is C14H29NO2. The first-order chi connectivity index (χ1) is 7.78. The zero-order chi connectivity index (χ0) is 13.6. The summed E-state index contributed by atoms with van der Waals surface area (Å²) in [4.78, 5) is 14.4. The monoisotopic (exact) mass is 243 g/mol. The fourth-order valence-corrected chi connectivity index (χ4v) is 1.99. The fraction of sp³-hybridized carbons (Fsp3) is 0.929. The molecule has 0 rings (SSSR count). The summed E-state index contributed by atoms with van der Waals surface area (Å²) in [6.45, 7) is 15.8. The van der Waals surface area contributed by atoms with Gasteiger partial charge in [-0.25, -0.2) is 0 Å². The maximum absolute atomic E-state index is 12.0. The molecule has 3 nitrogen and oxygen atoms in total. The highest BCUT2D eigenvalue weighted by Gasteiger charge is 2.36. The summed E-state index contributed by atoms with van der Waals surface area (Å²) >= 11 is 0. The van der Waals surface area contributed by atoms with Crippen molar-refractivity contribution in [2.24, 2.45) is 5.41 Å². The zero-order valence-corrected chi connectivity index (χ0v) is 12.5. The van der Waals surface area contributed by atoms with Crippen molar-refractivity contribution >= 4 is 5.97 Å². The molecule has 0 aliphatic rings. The lowest BCUT2D eigenvalue weighted by molar-refractivity contribution is -0.156. The van der Waals surface area contributed by atoms with Crippen LogP contribution in [0.3, 0.4) is 0 Å². The predicted octanol–water partition coefficient (Wildman–Crippen LogP) is 3.08. The van der Waals surface area contributed by atoms with Crippen molar-refractivity contribution in [1.29, 1.82) is 0 Å². The van der Waals surface area contributed by atoms with Gasteiger partial charge in [0.2, 0.25) is 0 Å².